The summed E-state index contributed by atoms with van der Waals surface area (Å²) in [5.74, 6) is -1.63. The van der Waals surface area contributed by atoms with Crippen molar-refractivity contribution in [1.82, 2.24) is 5.32 Å². The Morgan fingerprint density at radius 2 is 1.96 bits per heavy atom. The van der Waals surface area contributed by atoms with Gasteiger partial charge in [0.15, 0.2) is 5.60 Å². The molecule has 7 nitrogen and oxygen atoms in total. The third-order valence-corrected chi connectivity index (χ3v) is 4.89. The van der Waals surface area contributed by atoms with Crippen molar-refractivity contribution in [2.75, 3.05) is 11.9 Å². The SMILES string of the molecule is N#Cc1ccccc1NC(=O)C(=O)NCC(O)(c1ccco1)c1cccs1. The first-order valence-electron chi connectivity index (χ1n) is 7.93. The molecule has 1 unspecified atom stereocenters. The van der Waals surface area contributed by atoms with E-state index in [1.54, 1.807) is 41.8 Å². The molecule has 2 heterocycles. The lowest BCUT2D eigenvalue weighted by Crippen LogP contribution is -2.44. The minimum Gasteiger partial charge on any atom is -0.466 e. The molecule has 0 saturated carbocycles. The number of hydrogen-bond acceptors (Lipinski definition) is 6. The van der Waals surface area contributed by atoms with Gasteiger partial charge in [0, 0.05) is 4.88 Å². The number of carbonyl (C=O) groups excluding carboxylic acids is 2. The maximum absolute atomic E-state index is 12.2. The van der Waals surface area contributed by atoms with Crippen molar-refractivity contribution in [3.8, 4) is 6.07 Å². The van der Waals surface area contributed by atoms with E-state index in [9.17, 15) is 14.7 Å². The van der Waals surface area contributed by atoms with E-state index in [0.717, 1.165) is 0 Å². The Balaban J connectivity index is 1.71. The highest BCUT2D eigenvalue weighted by atomic mass is 32.1. The number of amides is 2. The van der Waals surface area contributed by atoms with Crippen molar-refractivity contribution >= 4 is 28.8 Å². The summed E-state index contributed by atoms with van der Waals surface area (Å²) in [5, 5.41) is 26.7. The van der Waals surface area contributed by atoms with Crippen LogP contribution >= 0.6 is 11.3 Å². The lowest BCUT2D eigenvalue weighted by atomic mass is 9.98. The molecular formula is C19H15N3O4S. The van der Waals surface area contributed by atoms with Gasteiger partial charge in [-0.05, 0) is 35.7 Å². The second-order valence-corrected chi connectivity index (χ2v) is 6.56. The smallest absolute Gasteiger partial charge is 0.313 e. The molecule has 3 rings (SSSR count). The molecule has 0 aliphatic heterocycles. The fraction of sp³-hybridized carbons (Fsp3) is 0.105. The monoisotopic (exact) mass is 381 g/mol. The molecule has 0 saturated heterocycles. The van der Waals surface area contributed by atoms with Crippen LogP contribution < -0.4 is 10.6 Å². The van der Waals surface area contributed by atoms with Crippen molar-refractivity contribution in [3.05, 3.63) is 76.4 Å². The number of thiophene rings is 1. The van der Waals surface area contributed by atoms with E-state index in [-0.39, 0.29) is 23.6 Å². The highest BCUT2D eigenvalue weighted by molar-refractivity contribution is 7.10. The van der Waals surface area contributed by atoms with Gasteiger partial charge in [-0.2, -0.15) is 5.26 Å². The van der Waals surface area contributed by atoms with E-state index in [1.807, 2.05) is 6.07 Å². The third-order valence-electron chi connectivity index (χ3n) is 3.86. The van der Waals surface area contributed by atoms with Crippen LogP contribution in [0.2, 0.25) is 0 Å². The summed E-state index contributed by atoms with van der Waals surface area (Å²) < 4.78 is 5.31. The van der Waals surface area contributed by atoms with Crippen LogP contribution in [0.4, 0.5) is 5.69 Å². The van der Waals surface area contributed by atoms with Crippen molar-refractivity contribution < 1.29 is 19.1 Å². The quantitative estimate of drug-likeness (QED) is 0.586. The minimum absolute atomic E-state index is 0.236. The van der Waals surface area contributed by atoms with Crippen LogP contribution in [0.15, 0.2) is 64.6 Å². The van der Waals surface area contributed by atoms with Gasteiger partial charge in [0.05, 0.1) is 24.1 Å². The summed E-state index contributed by atoms with van der Waals surface area (Å²) in [6.45, 7) is -0.257. The van der Waals surface area contributed by atoms with Gasteiger partial charge < -0.3 is 20.2 Å². The van der Waals surface area contributed by atoms with Gasteiger partial charge >= 0.3 is 11.8 Å². The van der Waals surface area contributed by atoms with E-state index in [4.69, 9.17) is 9.68 Å². The van der Waals surface area contributed by atoms with Crippen LogP contribution in [0.3, 0.4) is 0 Å². The molecule has 27 heavy (non-hydrogen) atoms. The summed E-state index contributed by atoms with van der Waals surface area (Å²) >= 11 is 1.30. The summed E-state index contributed by atoms with van der Waals surface area (Å²) in [5.41, 5.74) is -1.12. The Bertz CT molecular complexity index is 941. The van der Waals surface area contributed by atoms with Gasteiger partial charge in [-0.3, -0.25) is 9.59 Å². The molecule has 3 N–H and O–H groups in total. The number of rotatable bonds is 5. The Kier molecular flexibility index (Phi) is 5.35. The number of para-hydroxylation sites is 1. The number of carbonyl (C=O) groups is 2. The molecule has 0 aliphatic rings. The number of furan rings is 1. The molecule has 0 bridgehead atoms. The van der Waals surface area contributed by atoms with E-state index in [2.05, 4.69) is 10.6 Å². The van der Waals surface area contributed by atoms with Crippen molar-refractivity contribution in [2.24, 2.45) is 0 Å². The lowest BCUT2D eigenvalue weighted by Gasteiger charge is -2.25. The molecule has 8 heteroatoms. The van der Waals surface area contributed by atoms with E-state index >= 15 is 0 Å². The molecule has 0 aliphatic carbocycles. The van der Waals surface area contributed by atoms with Crippen molar-refractivity contribution in [3.63, 3.8) is 0 Å². The molecular weight excluding hydrogens is 366 g/mol. The molecule has 0 radical (unpaired) electrons. The zero-order valence-electron chi connectivity index (χ0n) is 14.0. The van der Waals surface area contributed by atoms with Crippen LogP contribution in [-0.4, -0.2) is 23.5 Å². The van der Waals surface area contributed by atoms with Gasteiger partial charge in [-0.1, -0.05) is 18.2 Å². The Hall–Kier alpha value is -3.41. The molecule has 2 amide bonds. The maximum atomic E-state index is 12.2. The predicted molar refractivity (Wildman–Crippen MR) is 98.8 cm³/mol. The van der Waals surface area contributed by atoms with Gasteiger partial charge in [0.2, 0.25) is 0 Å². The van der Waals surface area contributed by atoms with E-state index in [0.29, 0.717) is 4.88 Å². The number of hydrogen-bond donors (Lipinski definition) is 3. The van der Waals surface area contributed by atoms with Crippen LogP contribution in [0, 0.1) is 11.3 Å². The van der Waals surface area contributed by atoms with Crippen LogP contribution in [0.25, 0.3) is 0 Å². The number of nitrogens with zero attached hydrogens (tertiary/aromatic N) is 1. The highest BCUT2D eigenvalue weighted by Gasteiger charge is 2.36. The number of nitrogens with one attached hydrogen (secondary N) is 2. The first-order valence-corrected chi connectivity index (χ1v) is 8.81. The minimum atomic E-state index is -1.60. The average molecular weight is 381 g/mol. The lowest BCUT2D eigenvalue weighted by molar-refractivity contribution is -0.136. The van der Waals surface area contributed by atoms with E-state index in [1.165, 1.54) is 29.7 Å². The number of benzene rings is 1. The van der Waals surface area contributed by atoms with Gasteiger partial charge in [0.25, 0.3) is 0 Å². The molecule has 136 valence electrons. The molecule has 0 spiro atoms. The second-order valence-electron chi connectivity index (χ2n) is 5.61. The largest absolute Gasteiger partial charge is 0.466 e. The Morgan fingerprint density at radius 3 is 2.63 bits per heavy atom. The Morgan fingerprint density at radius 1 is 1.15 bits per heavy atom. The first kappa shape index (κ1) is 18.4. The summed E-state index contributed by atoms with van der Waals surface area (Å²) in [7, 11) is 0. The zero-order chi connectivity index (χ0) is 19.3. The van der Waals surface area contributed by atoms with Gasteiger partial charge in [-0.25, -0.2) is 0 Å². The van der Waals surface area contributed by atoms with Crippen molar-refractivity contribution in [1.29, 1.82) is 5.26 Å². The number of aliphatic hydroxyl groups is 1. The first-order chi connectivity index (χ1) is 13.0. The molecule has 1 aromatic carbocycles. The van der Waals surface area contributed by atoms with Crippen LogP contribution in [0.1, 0.15) is 16.2 Å². The number of anilines is 1. The topological polar surface area (TPSA) is 115 Å². The fourth-order valence-electron chi connectivity index (χ4n) is 2.48. The van der Waals surface area contributed by atoms with Gasteiger partial charge in [-0.15, -0.1) is 11.3 Å². The van der Waals surface area contributed by atoms with Crippen LogP contribution in [0.5, 0.6) is 0 Å². The number of nitriles is 1. The summed E-state index contributed by atoms with van der Waals surface area (Å²) in [4.78, 5) is 24.9. The molecule has 0 fully saturated rings. The maximum Gasteiger partial charge on any atom is 0.313 e. The molecule has 1 atom stereocenters. The average Bonchev–Trinajstić information content (AvgIpc) is 3.40. The summed E-state index contributed by atoms with van der Waals surface area (Å²) in [6, 6.07) is 15.0. The standard InChI is InChI=1S/C19H15N3O4S/c20-11-13-5-1-2-6-14(13)22-18(24)17(23)21-12-19(25,15-7-3-9-26-15)16-8-4-10-27-16/h1-10,25H,12H2,(H,21,23)(H,22,24). The highest BCUT2D eigenvalue weighted by Crippen LogP contribution is 2.32. The fourth-order valence-corrected chi connectivity index (χ4v) is 3.31. The molecule has 3 aromatic rings. The second kappa shape index (κ2) is 7.86. The molecule has 2 aromatic heterocycles. The Labute approximate surface area is 158 Å². The zero-order valence-corrected chi connectivity index (χ0v) is 14.8. The predicted octanol–water partition coefficient (Wildman–Crippen LogP) is 2.20. The normalized spacial score (nSPS) is 12.6. The van der Waals surface area contributed by atoms with Crippen molar-refractivity contribution in [2.45, 2.75) is 5.60 Å². The van der Waals surface area contributed by atoms with Crippen LogP contribution in [-0.2, 0) is 15.2 Å². The summed E-state index contributed by atoms with van der Waals surface area (Å²) in [6.07, 6.45) is 1.42. The third kappa shape index (κ3) is 3.89. The van der Waals surface area contributed by atoms with E-state index < -0.39 is 17.4 Å². The van der Waals surface area contributed by atoms with Gasteiger partial charge in [0.1, 0.15) is 11.8 Å².